The van der Waals surface area contributed by atoms with Gasteiger partial charge in [-0.1, -0.05) is 0 Å². The molecule has 88 valence electrons. The summed E-state index contributed by atoms with van der Waals surface area (Å²) in [6.45, 7) is -0.499. The van der Waals surface area contributed by atoms with Crippen LogP contribution in [0.25, 0.3) is 0 Å². The number of aromatic hydroxyl groups is 2. The van der Waals surface area contributed by atoms with Crippen molar-refractivity contribution in [2.75, 3.05) is 6.61 Å². The summed E-state index contributed by atoms with van der Waals surface area (Å²) in [5.74, 6) is -1.37. The summed E-state index contributed by atoms with van der Waals surface area (Å²) in [4.78, 5) is 13.7. The predicted octanol–water partition coefficient (Wildman–Crippen LogP) is -1.21. The zero-order valence-electron chi connectivity index (χ0n) is 8.12. The summed E-state index contributed by atoms with van der Waals surface area (Å²) >= 11 is 0. The van der Waals surface area contributed by atoms with Crippen LogP contribution >= 0.6 is 0 Å². The van der Waals surface area contributed by atoms with Gasteiger partial charge in [-0.25, -0.2) is 0 Å². The molecule has 16 heavy (non-hydrogen) atoms. The van der Waals surface area contributed by atoms with E-state index >= 15 is 0 Å². The van der Waals surface area contributed by atoms with Crippen LogP contribution in [0.5, 0.6) is 11.8 Å². The van der Waals surface area contributed by atoms with Gasteiger partial charge in [0.1, 0.15) is 18.3 Å². The van der Waals surface area contributed by atoms with Crippen LogP contribution < -0.4 is 0 Å². The quantitative estimate of drug-likeness (QED) is 0.433. The third-order valence-electron chi connectivity index (χ3n) is 2.49. The zero-order valence-corrected chi connectivity index (χ0v) is 8.12. The van der Waals surface area contributed by atoms with Crippen LogP contribution in [-0.4, -0.2) is 50.0 Å². The van der Waals surface area contributed by atoms with Crippen molar-refractivity contribution in [2.45, 2.75) is 18.3 Å². The summed E-state index contributed by atoms with van der Waals surface area (Å²) < 4.78 is 5.07. The third-order valence-corrected chi connectivity index (χ3v) is 2.49. The number of hydrogen-bond acceptors (Lipinski definition) is 6. The highest BCUT2D eigenvalue weighted by Gasteiger charge is 2.44. The Bertz CT molecular complexity index is 414. The fourth-order valence-electron chi connectivity index (χ4n) is 1.67. The number of rotatable bonds is 2. The normalized spacial score (nSPS) is 29.9. The van der Waals surface area contributed by atoms with Crippen LogP contribution in [-0.2, 0) is 9.53 Å². The maximum atomic E-state index is 11.5. The zero-order chi connectivity index (χ0) is 11.9. The molecule has 1 saturated heterocycles. The first kappa shape index (κ1) is 10.9. The van der Waals surface area contributed by atoms with E-state index in [9.17, 15) is 15.0 Å². The van der Waals surface area contributed by atoms with Crippen molar-refractivity contribution >= 4 is 5.78 Å². The number of H-pyrrole nitrogens is 1. The van der Waals surface area contributed by atoms with Crippen LogP contribution in [0.4, 0.5) is 0 Å². The van der Waals surface area contributed by atoms with E-state index in [1.54, 1.807) is 0 Å². The summed E-state index contributed by atoms with van der Waals surface area (Å²) in [6.07, 6.45) is -3.61. The van der Waals surface area contributed by atoms with Gasteiger partial charge in [-0.15, -0.1) is 0 Å². The first-order valence-electron chi connectivity index (χ1n) is 4.63. The number of ether oxygens (including phenoxy) is 1. The molecule has 0 spiro atoms. The Balaban J connectivity index is 2.29. The SMILES string of the molecule is O=C1C(O)[C@@H](CO)O[C@H]1c1cc(O)[nH]c1O. The van der Waals surface area contributed by atoms with Gasteiger partial charge in [0.25, 0.3) is 0 Å². The van der Waals surface area contributed by atoms with E-state index in [2.05, 4.69) is 4.98 Å². The Kier molecular flexibility index (Phi) is 2.58. The molecular formula is C9H11NO6. The van der Waals surface area contributed by atoms with Gasteiger partial charge in [-0.3, -0.25) is 9.78 Å². The Morgan fingerprint density at radius 3 is 2.56 bits per heavy atom. The number of aromatic amines is 1. The van der Waals surface area contributed by atoms with Crippen molar-refractivity contribution < 1.29 is 30.0 Å². The fraction of sp³-hybridized carbons (Fsp3) is 0.444. The molecule has 0 amide bonds. The standard InChI is InChI=1S/C9H11NO6/c11-2-4-6(13)7(14)8(16-4)3-1-5(12)10-9(3)15/h1,4,6,8,10-13,15H,2H2/t4-,6?,8+/m1/s1. The number of hydrogen-bond donors (Lipinski definition) is 5. The monoisotopic (exact) mass is 229 g/mol. The van der Waals surface area contributed by atoms with Gasteiger partial charge in [0.15, 0.2) is 17.5 Å². The summed E-state index contributed by atoms with van der Waals surface area (Å²) in [5.41, 5.74) is 0.0394. The molecule has 5 N–H and O–H groups in total. The van der Waals surface area contributed by atoms with Crippen LogP contribution in [0, 0.1) is 0 Å². The molecule has 0 aromatic carbocycles. The first-order chi connectivity index (χ1) is 7.54. The number of aromatic nitrogens is 1. The highest BCUT2D eigenvalue weighted by atomic mass is 16.5. The van der Waals surface area contributed by atoms with Crippen molar-refractivity contribution in [2.24, 2.45) is 0 Å². The van der Waals surface area contributed by atoms with Gasteiger partial charge < -0.3 is 25.2 Å². The van der Waals surface area contributed by atoms with E-state index < -0.39 is 36.6 Å². The lowest BCUT2D eigenvalue weighted by atomic mass is 10.1. The van der Waals surface area contributed by atoms with Gasteiger partial charge in [0.2, 0.25) is 0 Å². The van der Waals surface area contributed by atoms with Crippen LogP contribution in [0.2, 0.25) is 0 Å². The molecule has 1 unspecified atom stereocenters. The molecule has 1 aromatic rings. The summed E-state index contributed by atoms with van der Waals surface area (Å²) in [6, 6.07) is 1.13. The number of ketones is 1. The average molecular weight is 229 g/mol. The van der Waals surface area contributed by atoms with Crippen molar-refractivity contribution in [3.05, 3.63) is 11.6 Å². The Hall–Kier alpha value is -1.57. The molecule has 2 rings (SSSR count). The largest absolute Gasteiger partial charge is 0.495 e. The van der Waals surface area contributed by atoms with E-state index in [1.807, 2.05) is 0 Å². The maximum absolute atomic E-state index is 11.5. The predicted molar refractivity (Wildman–Crippen MR) is 49.8 cm³/mol. The number of Topliss-reactive ketones (excluding diaryl/α,β-unsaturated/α-hetero) is 1. The number of carbonyl (C=O) groups excluding carboxylic acids is 1. The first-order valence-corrected chi connectivity index (χ1v) is 4.63. The maximum Gasteiger partial charge on any atom is 0.197 e. The van der Waals surface area contributed by atoms with Crippen LogP contribution in [0.15, 0.2) is 6.07 Å². The number of aliphatic hydroxyl groups is 2. The number of aliphatic hydroxyl groups excluding tert-OH is 2. The minimum Gasteiger partial charge on any atom is -0.495 e. The molecule has 0 aliphatic carbocycles. The molecule has 7 nitrogen and oxygen atoms in total. The Labute approximate surface area is 89.9 Å². The number of carbonyl (C=O) groups is 1. The molecule has 0 saturated carbocycles. The van der Waals surface area contributed by atoms with Crippen molar-refractivity contribution in [1.82, 2.24) is 4.98 Å². The van der Waals surface area contributed by atoms with E-state index in [-0.39, 0.29) is 11.4 Å². The lowest BCUT2D eigenvalue weighted by molar-refractivity contribution is -0.127. The smallest absolute Gasteiger partial charge is 0.197 e. The van der Waals surface area contributed by atoms with Crippen LogP contribution in [0.3, 0.4) is 0 Å². The highest BCUT2D eigenvalue weighted by molar-refractivity contribution is 5.91. The molecule has 0 bridgehead atoms. The van der Waals surface area contributed by atoms with E-state index in [0.29, 0.717) is 0 Å². The van der Waals surface area contributed by atoms with E-state index in [0.717, 1.165) is 6.07 Å². The fourth-order valence-corrected chi connectivity index (χ4v) is 1.67. The van der Waals surface area contributed by atoms with Crippen molar-refractivity contribution in [1.29, 1.82) is 0 Å². The van der Waals surface area contributed by atoms with Crippen LogP contribution in [0.1, 0.15) is 11.7 Å². The van der Waals surface area contributed by atoms with Crippen molar-refractivity contribution in [3.63, 3.8) is 0 Å². The Morgan fingerprint density at radius 1 is 1.44 bits per heavy atom. The lowest BCUT2D eigenvalue weighted by Crippen LogP contribution is -2.29. The minimum absolute atomic E-state index is 0.0394. The van der Waals surface area contributed by atoms with E-state index in [4.69, 9.17) is 14.9 Å². The van der Waals surface area contributed by atoms with E-state index in [1.165, 1.54) is 0 Å². The lowest BCUT2D eigenvalue weighted by Gasteiger charge is -2.09. The molecule has 2 heterocycles. The van der Waals surface area contributed by atoms with Gasteiger partial charge in [0, 0.05) is 6.07 Å². The minimum atomic E-state index is -1.42. The molecule has 7 heteroatoms. The Morgan fingerprint density at radius 2 is 2.12 bits per heavy atom. The average Bonchev–Trinajstić information content (AvgIpc) is 2.70. The molecule has 0 radical (unpaired) electrons. The summed E-state index contributed by atoms with van der Waals surface area (Å²) in [5, 5.41) is 36.7. The molecule has 1 aromatic heterocycles. The molecule has 3 atom stereocenters. The topological polar surface area (TPSA) is 123 Å². The number of nitrogens with one attached hydrogen (secondary N) is 1. The van der Waals surface area contributed by atoms with Gasteiger partial charge >= 0.3 is 0 Å². The van der Waals surface area contributed by atoms with Crippen molar-refractivity contribution in [3.8, 4) is 11.8 Å². The summed E-state index contributed by atoms with van der Waals surface area (Å²) in [7, 11) is 0. The highest BCUT2D eigenvalue weighted by Crippen LogP contribution is 2.36. The van der Waals surface area contributed by atoms with Gasteiger partial charge in [-0.05, 0) is 0 Å². The van der Waals surface area contributed by atoms with Gasteiger partial charge in [0.05, 0.1) is 12.2 Å². The second kappa shape index (κ2) is 3.78. The second-order valence-corrected chi connectivity index (χ2v) is 3.54. The molecule has 1 aliphatic rings. The third kappa shape index (κ3) is 1.54. The molecular weight excluding hydrogens is 218 g/mol. The molecule has 1 fully saturated rings. The second-order valence-electron chi connectivity index (χ2n) is 3.54. The molecule has 1 aliphatic heterocycles. The van der Waals surface area contributed by atoms with Gasteiger partial charge in [-0.2, -0.15) is 0 Å².